The first-order valence-corrected chi connectivity index (χ1v) is 13.9. The molecular weight excluding hydrogens is 526 g/mol. The zero-order valence-electron chi connectivity index (χ0n) is 21.6. The largest absolute Gasteiger partial charge is 0.497 e. The third-order valence-corrected chi connectivity index (χ3v) is 8.06. The fourth-order valence-electron chi connectivity index (χ4n) is 3.97. The summed E-state index contributed by atoms with van der Waals surface area (Å²) in [6, 6.07) is 21.4. The van der Waals surface area contributed by atoms with Crippen LogP contribution in [0.3, 0.4) is 0 Å². The molecule has 8 nitrogen and oxygen atoms in total. The number of sulfonamides is 1. The van der Waals surface area contributed by atoms with E-state index in [1.807, 2.05) is 36.4 Å². The topological polar surface area (TPSA) is 96.0 Å². The van der Waals surface area contributed by atoms with Gasteiger partial charge in [-0.2, -0.15) is 4.31 Å². The number of ether oxygens (including phenoxy) is 1. The highest BCUT2D eigenvalue weighted by atomic mass is 35.5. The molecule has 0 aromatic heterocycles. The Morgan fingerprint density at radius 2 is 1.63 bits per heavy atom. The molecule has 0 aliphatic heterocycles. The van der Waals surface area contributed by atoms with Gasteiger partial charge in [0.25, 0.3) is 0 Å². The highest BCUT2D eigenvalue weighted by molar-refractivity contribution is 7.89. The summed E-state index contributed by atoms with van der Waals surface area (Å²) < 4.78 is 32.6. The van der Waals surface area contributed by atoms with Crippen molar-refractivity contribution in [3.05, 3.63) is 95.0 Å². The van der Waals surface area contributed by atoms with E-state index in [9.17, 15) is 18.0 Å². The van der Waals surface area contributed by atoms with Crippen LogP contribution in [-0.4, -0.2) is 62.7 Å². The van der Waals surface area contributed by atoms with Crippen LogP contribution < -0.4 is 10.1 Å². The Hall–Kier alpha value is -3.40. The molecule has 0 fully saturated rings. The lowest BCUT2D eigenvalue weighted by Gasteiger charge is -2.32. The van der Waals surface area contributed by atoms with Gasteiger partial charge in [0, 0.05) is 31.6 Å². The van der Waals surface area contributed by atoms with Gasteiger partial charge >= 0.3 is 0 Å². The lowest BCUT2D eigenvalue weighted by molar-refractivity contribution is -0.141. The summed E-state index contributed by atoms with van der Waals surface area (Å²) in [5.41, 5.74) is 1.61. The molecule has 38 heavy (non-hydrogen) atoms. The van der Waals surface area contributed by atoms with E-state index >= 15 is 0 Å². The van der Waals surface area contributed by atoms with Gasteiger partial charge in [-0.3, -0.25) is 9.59 Å². The number of carbonyl (C=O) groups excluding carboxylic acids is 2. The number of halogens is 1. The molecule has 0 bridgehead atoms. The lowest BCUT2D eigenvalue weighted by atomic mass is 10.0. The Kier molecular flexibility index (Phi) is 10.3. The van der Waals surface area contributed by atoms with Crippen LogP contribution in [0.1, 0.15) is 18.1 Å². The van der Waals surface area contributed by atoms with E-state index in [1.54, 1.807) is 32.2 Å². The van der Waals surface area contributed by atoms with Crippen molar-refractivity contribution in [2.24, 2.45) is 0 Å². The van der Waals surface area contributed by atoms with Crippen LogP contribution in [0.4, 0.5) is 0 Å². The average Bonchev–Trinajstić information content (AvgIpc) is 2.91. The fourth-order valence-corrected chi connectivity index (χ4v) is 5.21. The van der Waals surface area contributed by atoms with Gasteiger partial charge in [0.2, 0.25) is 21.8 Å². The summed E-state index contributed by atoms with van der Waals surface area (Å²) in [6.45, 7) is 1.81. The molecule has 3 aromatic carbocycles. The minimum absolute atomic E-state index is 0.0149. The monoisotopic (exact) mass is 557 g/mol. The highest BCUT2D eigenvalue weighted by Gasteiger charge is 2.33. The molecule has 0 heterocycles. The van der Waals surface area contributed by atoms with Crippen molar-refractivity contribution in [2.45, 2.75) is 30.8 Å². The number of amides is 2. The predicted molar refractivity (Wildman–Crippen MR) is 147 cm³/mol. The van der Waals surface area contributed by atoms with Crippen LogP contribution in [0.25, 0.3) is 0 Å². The maximum absolute atomic E-state index is 13.8. The van der Waals surface area contributed by atoms with Crippen LogP contribution in [0.2, 0.25) is 5.02 Å². The lowest BCUT2D eigenvalue weighted by Crippen LogP contribution is -2.53. The third-order valence-electron chi connectivity index (χ3n) is 5.99. The molecule has 2 amide bonds. The van der Waals surface area contributed by atoms with E-state index in [1.165, 1.54) is 36.2 Å². The predicted octanol–water partition coefficient (Wildman–Crippen LogP) is 3.75. The standard InChI is InChI=1S/C28H32ClN3O5S/c1-4-30-28(34)26(18-21-9-6-5-7-10-21)32(19-22-11-8-12-24(17-22)37-3)27(33)20-31(2)38(35,36)25-15-13-23(29)14-16-25/h5-17,26H,4,18-20H2,1-3H3,(H,30,34). The number of benzene rings is 3. The van der Waals surface area contributed by atoms with Gasteiger partial charge in [0.1, 0.15) is 11.8 Å². The number of rotatable bonds is 12. The molecule has 1 N–H and O–H groups in total. The number of nitrogens with one attached hydrogen (secondary N) is 1. The summed E-state index contributed by atoms with van der Waals surface area (Å²) in [6.07, 6.45) is 0.260. The van der Waals surface area contributed by atoms with Gasteiger partial charge in [-0.15, -0.1) is 0 Å². The zero-order chi connectivity index (χ0) is 27.7. The average molecular weight is 558 g/mol. The van der Waals surface area contributed by atoms with Crippen LogP contribution >= 0.6 is 11.6 Å². The highest BCUT2D eigenvalue weighted by Crippen LogP contribution is 2.21. The number of carbonyl (C=O) groups is 2. The van der Waals surface area contributed by atoms with Crippen molar-refractivity contribution in [1.82, 2.24) is 14.5 Å². The van der Waals surface area contributed by atoms with Crippen LogP contribution in [0.15, 0.2) is 83.8 Å². The molecule has 3 aromatic rings. The normalized spacial score (nSPS) is 12.1. The molecule has 1 atom stereocenters. The van der Waals surface area contributed by atoms with E-state index in [2.05, 4.69) is 5.32 Å². The van der Waals surface area contributed by atoms with Crippen LogP contribution in [-0.2, 0) is 32.6 Å². The molecule has 1 unspecified atom stereocenters. The second-order valence-electron chi connectivity index (χ2n) is 8.69. The molecule has 0 aliphatic carbocycles. The molecule has 3 rings (SSSR count). The van der Waals surface area contributed by atoms with Crippen LogP contribution in [0.5, 0.6) is 5.75 Å². The van der Waals surface area contributed by atoms with Crippen molar-refractivity contribution in [2.75, 3.05) is 27.2 Å². The van der Waals surface area contributed by atoms with E-state index in [4.69, 9.17) is 16.3 Å². The summed E-state index contributed by atoms with van der Waals surface area (Å²) in [5, 5.41) is 3.22. The Balaban J connectivity index is 1.96. The van der Waals surface area contributed by atoms with Crippen molar-refractivity contribution < 1.29 is 22.7 Å². The first-order valence-electron chi connectivity index (χ1n) is 12.1. The maximum Gasteiger partial charge on any atom is 0.243 e. The van der Waals surface area contributed by atoms with E-state index in [-0.39, 0.29) is 23.8 Å². The summed E-state index contributed by atoms with van der Waals surface area (Å²) in [4.78, 5) is 28.5. The first-order chi connectivity index (χ1) is 18.1. The Bertz CT molecular complexity index is 1330. The number of methoxy groups -OCH3 is 1. The molecule has 0 aliphatic rings. The van der Waals surface area contributed by atoms with Gasteiger partial charge in [-0.05, 0) is 54.4 Å². The maximum atomic E-state index is 13.8. The third kappa shape index (κ3) is 7.56. The van der Waals surface area contributed by atoms with E-state index in [0.29, 0.717) is 17.3 Å². The van der Waals surface area contributed by atoms with Gasteiger partial charge in [0.15, 0.2) is 0 Å². The number of hydrogen-bond donors (Lipinski definition) is 1. The summed E-state index contributed by atoms with van der Waals surface area (Å²) in [7, 11) is -1.09. The molecule has 0 radical (unpaired) electrons. The van der Waals surface area contributed by atoms with Crippen molar-refractivity contribution in [1.29, 1.82) is 0 Å². The number of hydrogen-bond acceptors (Lipinski definition) is 5. The van der Waals surface area contributed by atoms with Crippen molar-refractivity contribution in [3.63, 3.8) is 0 Å². The van der Waals surface area contributed by atoms with Crippen LogP contribution in [0, 0.1) is 0 Å². The first kappa shape index (κ1) is 29.2. The second kappa shape index (κ2) is 13.4. The number of nitrogens with zero attached hydrogens (tertiary/aromatic N) is 2. The Labute approximate surface area is 229 Å². The van der Waals surface area contributed by atoms with Gasteiger partial charge in [0.05, 0.1) is 18.6 Å². The molecular formula is C28H32ClN3O5S. The second-order valence-corrected chi connectivity index (χ2v) is 11.2. The van der Waals surface area contributed by atoms with Gasteiger partial charge < -0.3 is 15.0 Å². The molecule has 202 valence electrons. The van der Waals surface area contributed by atoms with E-state index < -0.39 is 28.5 Å². The molecule has 10 heteroatoms. The van der Waals surface area contributed by atoms with Gasteiger partial charge in [-0.25, -0.2) is 8.42 Å². The minimum atomic E-state index is -3.98. The van der Waals surface area contributed by atoms with Gasteiger partial charge in [-0.1, -0.05) is 54.1 Å². The quantitative estimate of drug-likeness (QED) is 0.366. The fraction of sp³-hybridized carbons (Fsp3) is 0.286. The number of likely N-dealkylation sites (N-methyl/N-ethyl adjacent to an activating group) is 2. The summed E-state index contributed by atoms with van der Waals surface area (Å²) in [5.74, 6) is -0.231. The van der Waals surface area contributed by atoms with Crippen molar-refractivity contribution in [3.8, 4) is 5.75 Å². The SMILES string of the molecule is CCNC(=O)C(Cc1ccccc1)N(Cc1cccc(OC)c1)C(=O)CN(C)S(=O)(=O)c1ccc(Cl)cc1. The Morgan fingerprint density at radius 3 is 2.26 bits per heavy atom. The summed E-state index contributed by atoms with van der Waals surface area (Å²) >= 11 is 5.91. The molecule has 0 saturated heterocycles. The molecule has 0 spiro atoms. The minimum Gasteiger partial charge on any atom is -0.497 e. The smallest absolute Gasteiger partial charge is 0.243 e. The van der Waals surface area contributed by atoms with E-state index in [0.717, 1.165) is 15.4 Å². The zero-order valence-corrected chi connectivity index (χ0v) is 23.2. The molecule has 0 saturated carbocycles. The van der Waals surface area contributed by atoms with Crippen molar-refractivity contribution >= 4 is 33.4 Å². The Morgan fingerprint density at radius 1 is 0.974 bits per heavy atom.